The Morgan fingerprint density at radius 3 is 2.62 bits per heavy atom. The fraction of sp³-hybridized carbons (Fsp3) is 0.438. The van der Waals surface area contributed by atoms with Gasteiger partial charge in [0.1, 0.15) is 0 Å². The minimum Gasteiger partial charge on any atom is -0.369 e. The average Bonchev–Trinajstić information content (AvgIpc) is 2.60. The number of rotatable bonds is 5. The quantitative estimate of drug-likeness (QED) is 0.339. The normalized spacial score (nSPS) is 20.2. The van der Waals surface area contributed by atoms with Crippen molar-refractivity contribution in [2.24, 2.45) is 11.7 Å². The number of nitrogens with one attached hydrogen (secondary N) is 3. The Morgan fingerprint density at radius 2 is 1.92 bits per heavy atom. The largest absolute Gasteiger partial charge is 0.369 e. The summed E-state index contributed by atoms with van der Waals surface area (Å²) in [6.45, 7) is 0.189. The highest BCUT2D eigenvalue weighted by atomic mass is 16.6. The molecule has 1 amide bonds. The van der Waals surface area contributed by atoms with Crippen LogP contribution in [0.15, 0.2) is 21.7 Å². The third-order valence-electron chi connectivity index (χ3n) is 4.79. The number of amides is 1. The molecule has 0 aliphatic heterocycles. The van der Waals surface area contributed by atoms with Crippen molar-refractivity contribution < 1.29 is 9.72 Å². The Hall–Kier alpha value is -3.01. The minimum absolute atomic E-state index is 0.134. The zero-order chi connectivity index (χ0) is 18.8. The summed E-state index contributed by atoms with van der Waals surface area (Å²) in [5, 5.41) is 14.4. The molecule has 0 spiro atoms. The molecule has 2 aromatic rings. The molecule has 2 unspecified atom stereocenters. The lowest BCUT2D eigenvalue weighted by Crippen LogP contribution is -2.44. The van der Waals surface area contributed by atoms with Crippen molar-refractivity contribution in [1.82, 2.24) is 15.3 Å². The lowest BCUT2D eigenvalue weighted by molar-refractivity contribution is -0.384. The van der Waals surface area contributed by atoms with Crippen LogP contribution in [0.1, 0.15) is 31.2 Å². The highest BCUT2D eigenvalue weighted by Crippen LogP contribution is 2.26. The Morgan fingerprint density at radius 1 is 1.23 bits per heavy atom. The molecular formula is C16H19N5O5. The number of non-ortho nitro benzene ring substituents is 1. The van der Waals surface area contributed by atoms with Gasteiger partial charge in [-0.1, -0.05) is 12.8 Å². The van der Waals surface area contributed by atoms with E-state index in [-0.39, 0.29) is 35.6 Å². The number of carbonyl (C=O) groups excluding carboxylic acids is 1. The number of nitrogens with zero attached hydrogens (tertiary/aromatic N) is 1. The third kappa shape index (κ3) is 3.49. The van der Waals surface area contributed by atoms with Crippen LogP contribution in [-0.2, 0) is 11.3 Å². The molecule has 10 heteroatoms. The van der Waals surface area contributed by atoms with Crippen molar-refractivity contribution in [3.05, 3.63) is 48.5 Å². The summed E-state index contributed by atoms with van der Waals surface area (Å²) in [6.07, 6.45) is 3.36. The van der Waals surface area contributed by atoms with Crippen LogP contribution in [0.25, 0.3) is 11.0 Å². The van der Waals surface area contributed by atoms with E-state index >= 15 is 0 Å². The predicted molar refractivity (Wildman–Crippen MR) is 93.6 cm³/mol. The van der Waals surface area contributed by atoms with Crippen molar-refractivity contribution in [3.8, 4) is 0 Å². The molecular weight excluding hydrogens is 342 g/mol. The highest BCUT2D eigenvalue weighted by molar-refractivity contribution is 5.80. The number of carbonyl (C=O) groups is 1. The molecule has 2 atom stereocenters. The van der Waals surface area contributed by atoms with Gasteiger partial charge in [-0.2, -0.15) is 0 Å². The van der Waals surface area contributed by atoms with Gasteiger partial charge < -0.3 is 21.0 Å². The first kappa shape index (κ1) is 17.8. The lowest BCUT2D eigenvalue weighted by Gasteiger charge is -2.30. The number of benzene rings is 1. The van der Waals surface area contributed by atoms with Crippen LogP contribution >= 0.6 is 0 Å². The molecule has 0 saturated heterocycles. The minimum atomic E-state index is -0.877. The fourth-order valence-electron chi connectivity index (χ4n) is 3.48. The average molecular weight is 361 g/mol. The maximum Gasteiger partial charge on any atom is 0.314 e. The molecule has 1 aliphatic carbocycles. The summed E-state index contributed by atoms with van der Waals surface area (Å²) in [7, 11) is 0. The Labute approximate surface area is 146 Å². The van der Waals surface area contributed by atoms with Gasteiger partial charge in [-0.15, -0.1) is 0 Å². The zero-order valence-corrected chi connectivity index (χ0v) is 13.9. The fourth-order valence-corrected chi connectivity index (χ4v) is 3.48. The smallest absolute Gasteiger partial charge is 0.314 e. The summed E-state index contributed by atoms with van der Waals surface area (Å²) < 4.78 is 0. The van der Waals surface area contributed by atoms with Gasteiger partial charge in [0, 0.05) is 24.7 Å². The van der Waals surface area contributed by atoms with Crippen molar-refractivity contribution in [2.45, 2.75) is 38.3 Å². The number of nitro benzene ring substituents is 1. The number of hydrogen-bond acceptors (Lipinski definition) is 6. The first-order valence-corrected chi connectivity index (χ1v) is 8.33. The SMILES string of the molecule is NC(=O)C1CCCCC1NCc1cc([N+](=O)[O-])cc2[nH]c(=O)c(=O)[nH]c12. The van der Waals surface area contributed by atoms with Gasteiger partial charge >= 0.3 is 11.1 Å². The molecule has 1 aliphatic rings. The first-order chi connectivity index (χ1) is 12.4. The van der Waals surface area contributed by atoms with Crippen LogP contribution in [0.2, 0.25) is 0 Å². The third-order valence-corrected chi connectivity index (χ3v) is 4.79. The van der Waals surface area contributed by atoms with Crippen LogP contribution in [0.4, 0.5) is 5.69 Å². The second kappa shape index (κ2) is 7.08. The topological polar surface area (TPSA) is 164 Å². The maximum atomic E-state index is 11.6. The van der Waals surface area contributed by atoms with Gasteiger partial charge in [0.25, 0.3) is 5.69 Å². The van der Waals surface area contributed by atoms with Crippen LogP contribution in [0.3, 0.4) is 0 Å². The molecule has 3 rings (SSSR count). The van der Waals surface area contributed by atoms with Gasteiger partial charge in [0.2, 0.25) is 5.91 Å². The van der Waals surface area contributed by atoms with E-state index in [1.54, 1.807) is 0 Å². The standard InChI is InChI=1S/C16H19N5O5/c17-14(22)10-3-1-2-4-11(10)18-7-8-5-9(21(25)26)6-12-13(8)20-16(24)15(23)19-12/h5-6,10-11,18H,1-4,7H2,(H2,17,22)(H,19,23)(H,20,24). The number of nitro groups is 1. The molecule has 1 fully saturated rings. The van der Waals surface area contributed by atoms with Crippen molar-refractivity contribution >= 4 is 22.6 Å². The van der Waals surface area contributed by atoms with Crippen LogP contribution in [0, 0.1) is 16.0 Å². The Balaban J connectivity index is 1.96. The molecule has 1 saturated carbocycles. The van der Waals surface area contributed by atoms with Gasteiger partial charge in [0.05, 0.1) is 21.9 Å². The van der Waals surface area contributed by atoms with Gasteiger partial charge in [-0.05, 0) is 18.4 Å². The number of fused-ring (bicyclic) bond motifs is 1. The van der Waals surface area contributed by atoms with E-state index in [9.17, 15) is 24.5 Å². The molecule has 1 aromatic carbocycles. The number of primary amides is 1. The number of hydrogen-bond donors (Lipinski definition) is 4. The molecule has 138 valence electrons. The highest BCUT2D eigenvalue weighted by Gasteiger charge is 2.29. The molecule has 5 N–H and O–H groups in total. The number of aromatic amines is 2. The summed E-state index contributed by atoms with van der Waals surface area (Å²) in [4.78, 5) is 50.2. The van der Waals surface area contributed by atoms with E-state index in [0.717, 1.165) is 19.3 Å². The zero-order valence-electron chi connectivity index (χ0n) is 13.9. The van der Waals surface area contributed by atoms with E-state index < -0.39 is 16.0 Å². The predicted octanol–water partition coefficient (Wildman–Crippen LogP) is 0.258. The summed E-state index contributed by atoms with van der Waals surface area (Å²) in [5.74, 6) is -0.670. The molecule has 0 bridgehead atoms. The number of H-pyrrole nitrogens is 2. The van der Waals surface area contributed by atoms with Crippen LogP contribution in [-0.4, -0.2) is 26.8 Å². The second-order valence-corrected chi connectivity index (χ2v) is 6.47. The first-order valence-electron chi connectivity index (χ1n) is 8.33. The molecule has 0 radical (unpaired) electrons. The Kier molecular flexibility index (Phi) is 4.85. The van der Waals surface area contributed by atoms with Crippen molar-refractivity contribution in [2.75, 3.05) is 0 Å². The van der Waals surface area contributed by atoms with E-state index in [4.69, 9.17) is 5.73 Å². The number of nitrogens with two attached hydrogens (primary N) is 1. The van der Waals surface area contributed by atoms with Crippen LogP contribution in [0.5, 0.6) is 0 Å². The second-order valence-electron chi connectivity index (χ2n) is 6.47. The Bertz CT molecular complexity index is 979. The van der Waals surface area contributed by atoms with E-state index in [0.29, 0.717) is 17.5 Å². The monoisotopic (exact) mass is 361 g/mol. The maximum absolute atomic E-state index is 11.6. The van der Waals surface area contributed by atoms with E-state index in [1.165, 1.54) is 12.1 Å². The molecule has 10 nitrogen and oxygen atoms in total. The van der Waals surface area contributed by atoms with Gasteiger partial charge in [0.15, 0.2) is 0 Å². The van der Waals surface area contributed by atoms with Crippen molar-refractivity contribution in [3.63, 3.8) is 0 Å². The molecule has 26 heavy (non-hydrogen) atoms. The van der Waals surface area contributed by atoms with Crippen molar-refractivity contribution in [1.29, 1.82) is 0 Å². The number of aromatic nitrogens is 2. The summed E-state index contributed by atoms with van der Waals surface area (Å²) >= 11 is 0. The van der Waals surface area contributed by atoms with Crippen LogP contribution < -0.4 is 22.2 Å². The summed E-state index contributed by atoms with van der Waals surface area (Å²) in [6, 6.07) is 2.40. The molecule has 1 heterocycles. The van der Waals surface area contributed by atoms with E-state index in [1.807, 2.05) is 0 Å². The lowest BCUT2D eigenvalue weighted by atomic mass is 9.84. The van der Waals surface area contributed by atoms with E-state index in [2.05, 4.69) is 15.3 Å². The summed E-state index contributed by atoms with van der Waals surface area (Å²) in [5.41, 5.74) is 4.50. The molecule has 1 aromatic heterocycles. The van der Waals surface area contributed by atoms with Gasteiger partial charge in [-0.25, -0.2) is 0 Å². The van der Waals surface area contributed by atoms with Gasteiger partial charge in [-0.3, -0.25) is 24.5 Å².